The Morgan fingerprint density at radius 2 is 2.24 bits per heavy atom. The van der Waals surface area contributed by atoms with E-state index in [9.17, 15) is 4.79 Å². The van der Waals surface area contributed by atoms with E-state index in [-0.39, 0.29) is 5.92 Å². The first-order chi connectivity index (χ1) is 12.1. The third-order valence-electron chi connectivity index (χ3n) is 5.11. The molecular formula is C19H24N2O2S2. The molecule has 0 unspecified atom stereocenters. The van der Waals surface area contributed by atoms with E-state index in [4.69, 9.17) is 4.74 Å². The standard InChI is InChI=1S/C19H24N2O2S2/c1-12-5-14(6-12)19(22)21-4-3-18-15(8-21)7-17(25-18)10-23-9-16-11-24-13(2)20-16/h7,11-12,14H,3-6,8-10H2,1-2H3. The summed E-state index contributed by atoms with van der Waals surface area (Å²) >= 11 is 3.50. The maximum Gasteiger partial charge on any atom is 0.226 e. The van der Waals surface area contributed by atoms with Gasteiger partial charge in [0.25, 0.3) is 0 Å². The van der Waals surface area contributed by atoms with Crippen molar-refractivity contribution < 1.29 is 9.53 Å². The molecule has 1 aliphatic carbocycles. The van der Waals surface area contributed by atoms with E-state index in [1.54, 1.807) is 11.3 Å². The molecule has 134 valence electrons. The number of hydrogen-bond donors (Lipinski definition) is 0. The largest absolute Gasteiger partial charge is 0.370 e. The van der Waals surface area contributed by atoms with Gasteiger partial charge in [0.1, 0.15) is 0 Å². The Kier molecular flexibility index (Phi) is 4.93. The molecule has 2 aromatic heterocycles. The van der Waals surface area contributed by atoms with Gasteiger partial charge >= 0.3 is 0 Å². The first-order valence-electron chi connectivity index (χ1n) is 8.96. The van der Waals surface area contributed by atoms with Crippen molar-refractivity contribution in [3.63, 3.8) is 0 Å². The maximum absolute atomic E-state index is 12.6. The van der Waals surface area contributed by atoms with Crippen molar-refractivity contribution in [3.05, 3.63) is 37.5 Å². The van der Waals surface area contributed by atoms with Gasteiger partial charge < -0.3 is 9.64 Å². The van der Waals surface area contributed by atoms with E-state index >= 15 is 0 Å². The van der Waals surface area contributed by atoms with Crippen molar-refractivity contribution in [1.82, 2.24) is 9.88 Å². The van der Waals surface area contributed by atoms with Crippen LogP contribution >= 0.6 is 22.7 Å². The summed E-state index contributed by atoms with van der Waals surface area (Å²) in [4.78, 5) is 21.7. The molecule has 0 radical (unpaired) electrons. The first-order valence-corrected chi connectivity index (χ1v) is 10.7. The van der Waals surface area contributed by atoms with Gasteiger partial charge in [-0.1, -0.05) is 6.92 Å². The molecule has 2 aliphatic rings. The summed E-state index contributed by atoms with van der Waals surface area (Å²) in [6.45, 7) is 7.09. The predicted molar refractivity (Wildman–Crippen MR) is 101 cm³/mol. The lowest BCUT2D eigenvalue weighted by Crippen LogP contribution is -2.43. The van der Waals surface area contributed by atoms with E-state index in [0.29, 0.717) is 19.1 Å². The van der Waals surface area contributed by atoms with Crippen LogP contribution in [0.15, 0.2) is 11.4 Å². The molecule has 1 saturated carbocycles. The van der Waals surface area contributed by atoms with Gasteiger partial charge in [0.05, 0.1) is 23.9 Å². The zero-order valence-corrected chi connectivity index (χ0v) is 16.4. The minimum absolute atomic E-state index is 0.277. The molecule has 0 atom stereocenters. The SMILES string of the molecule is Cc1nc(COCc2cc3c(s2)CCN(C(=O)C2CC(C)C2)C3)cs1. The van der Waals surface area contributed by atoms with Gasteiger partial charge in [-0.25, -0.2) is 4.98 Å². The zero-order chi connectivity index (χ0) is 17.4. The highest BCUT2D eigenvalue weighted by molar-refractivity contribution is 7.12. The second kappa shape index (κ2) is 7.17. The number of carbonyl (C=O) groups excluding carboxylic acids is 1. The fourth-order valence-corrected chi connectivity index (χ4v) is 5.45. The number of carbonyl (C=O) groups is 1. The highest BCUT2D eigenvalue weighted by atomic mass is 32.1. The fraction of sp³-hybridized carbons (Fsp3) is 0.579. The summed E-state index contributed by atoms with van der Waals surface area (Å²) in [5, 5.41) is 3.13. The molecule has 4 nitrogen and oxygen atoms in total. The van der Waals surface area contributed by atoms with E-state index in [2.05, 4.69) is 28.3 Å². The predicted octanol–water partition coefficient (Wildman–Crippen LogP) is 4.16. The molecule has 0 N–H and O–H groups in total. The molecule has 3 heterocycles. The summed E-state index contributed by atoms with van der Waals surface area (Å²) in [5.74, 6) is 1.37. The van der Waals surface area contributed by atoms with Crippen LogP contribution in [0.2, 0.25) is 0 Å². The van der Waals surface area contributed by atoms with Crippen molar-refractivity contribution >= 4 is 28.6 Å². The summed E-state index contributed by atoms with van der Waals surface area (Å²) in [5.41, 5.74) is 2.33. The zero-order valence-electron chi connectivity index (χ0n) is 14.8. The molecule has 2 aromatic rings. The summed E-state index contributed by atoms with van der Waals surface area (Å²) < 4.78 is 5.82. The molecule has 25 heavy (non-hydrogen) atoms. The minimum Gasteiger partial charge on any atom is -0.370 e. The number of nitrogens with zero attached hydrogens (tertiary/aromatic N) is 2. The third-order valence-corrected chi connectivity index (χ3v) is 7.15. The summed E-state index contributed by atoms with van der Waals surface area (Å²) in [7, 11) is 0. The second-order valence-electron chi connectivity index (χ2n) is 7.30. The number of ether oxygens (including phenoxy) is 1. The Morgan fingerprint density at radius 3 is 2.96 bits per heavy atom. The van der Waals surface area contributed by atoms with Gasteiger partial charge in [-0.2, -0.15) is 0 Å². The molecule has 0 spiro atoms. The molecule has 6 heteroatoms. The van der Waals surface area contributed by atoms with Gasteiger partial charge in [0.15, 0.2) is 0 Å². The topological polar surface area (TPSA) is 42.4 Å². The number of thiophene rings is 1. The second-order valence-corrected chi connectivity index (χ2v) is 9.58. The van der Waals surface area contributed by atoms with Crippen LogP contribution in [-0.4, -0.2) is 22.3 Å². The molecule has 4 rings (SSSR count). The molecule has 0 aromatic carbocycles. The molecule has 0 bridgehead atoms. The fourth-order valence-electron chi connectivity index (χ4n) is 3.75. The lowest BCUT2D eigenvalue weighted by molar-refractivity contribution is -0.140. The lowest BCUT2D eigenvalue weighted by atomic mass is 9.75. The number of rotatable bonds is 5. The Morgan fingerprint density at radius 1 is 1.40 bits per heavy atom. The molecule has 0 saturated heterocycles. The summed E-state index contributed by atoms with van der Waals surface area (Å²) in [6.07, 6.45) is 3.13. The Balaban J connectivity index is 1.32. The Labute approximate surface area is 156 Å². The van der Waals surface area contributed by atoms with Crippen LogP contribution < -0.4 is 0 Å². The first kappa shape index (κ1) is 17.2. The van der Waals surface area contributed by atoms with Crippen LogP contribution in [0.1, 0.15) is 45.8 Å². The lowest BCUT2D eigenvalue weighted by Gasteiger charge is -2.37. The van der Waals surface area contributed by atoms with Crippen molar-refractivity contribution in [2.75, 3.05) is 6.54 Å². The highest BCUT2D eigenvalue weighted by Gasteiger charge is 2.35. The van der Waals surface area contributed by atoms with E-state index < -0.39 is 0 Å². The minimum atomic E-state index is 0.277. The molecule has 1 aliphatic heterocycles. The normalized spacial score (nSPS) is 22.6. The maximum atomic E-state index is 12.6. The highest BCUT2D eigenvalue weighted by Crippen LogP contribution is 2.36. The number of aromatic nitrogens is 1. The number of fused-ring (bicyclic) bond motifs is 1. The molecular weight excluding hydrogens is 352 g/mol. The van der Waals surface area contributed by atoms with Gasteiger partial charge in [-0.05, 0) is 43.7 Å². The van der Waals surface area contributed by atoms with Crippen molar-refractivity contribution in [2.24, 2.45) is 11.8 Å². The van der Waals surface area contributed by atoms with Crippen LogP contribution in [0.5, 0.6) is 0 Å². The number of hydrogen-bond acceptors (Lipinski definition) is 5. The number of thiazole rings is 1. The third kappa shape index (κ3) is 3.81. The quantitative estimate of drug-likeness (QED) is 0.787. The van der Waals surface area contributed by atoms with Crippen molar-refractivity contribution in [3.8, 4) is 0 Å². The number of aryl methyl sites for hydroxylation is 1. The molecule has 1 fully saturated rings. The Hall–Kier alpha value is -1.24. The van der Waals surface area contributed by atoms with Gasteiger partial charge in [-0.15, -0.1) is 22.7 Å². The van der Waals surface area contributed by atoms with Crippen LogP contribution in [0, 0.1) is 18.8 Å². The van der Waals surface area contributed by atoms with Crippen LogP contribution in [-0.2, 0) is 35.7 Å². The average molecular weight is 377 g/mol. The summed E-state index contributed by atoms with van der Waals surface area (Å²) in [6, 6.07) is 2.23. The molecule has 1 amide bonds. The van der Waals surface area contributed by atoms with Crippen LogP contribution in [0.25, 0.3) is 0 Å². The average Bonchev–Trinajstić information content (AvgIpc) is 3.16. The smallest absolute Gasteiger partial charge is 0.226 e. The van der Waals surface area contributed by atoms with Gasteiger partial charge in [0, 0.05) is 34.1 Å². The van der Waals surface area contributed by atoms with Crippen molar-refractivity contribution in [1.29, 1.82) is 0 Å². The van der Waals surface area contributed by atoms with E-state index in [1.807, 2.05) is 18.3 Å². The van der Waals surface area contributed by atoms with Gasteiger partial charge in [0.2, 0.25) is 5.91 Å². The van der Waals surface area contributed by atoms with Gasteiger partial charge in [-0.3, -0.25) is 4.79 Å². The number of amides is 1. The van der Waals surface area contributed by atoms with Crippen molar-refractivity contribution in [2.45, 2.75) is 52.9 Å². The Bertz CT molecular complexity index is 761. The van der Waals surface area contributed by atoms with Crippen LogP contribution in [0.4, 0.5) is 0 Å². The van der Waals surface area contributed by atoms with E-state index in [1.165, 1.54) is 15.3 Å². The monoisotopic (exact) mass is 376 g/mol. The van der Waals surface area contributed by atoms with E-state index in [0.717, 1.165) is 49.0 Å². The van der Waals surface area contributed by atoms with Crippen LogP contribution in [0.3, 0.4) is 0 Å².